The van der Waals surface area contributed by atoms with E-state index in [-0.39, 0.29) is 11.8 Å². The number of likely N-dealkylation sites (tertiary alicyclic amines) is 1. The number of amides is 1. The van der Waals surface area contributed by atoms with Gasteiger partial charge in [-0.2, -0.15) is 11.8 Å². The van der Waals surface area contributed by atoms with Gasteiger partial charge in [-0.3, -0.25) is 4.79 Å². The van der Waals surface area contributed by atoms with Crippen molar-refractivity contribution in [2.45, 2.75) is 25.0 Å². The van der Waals surface area contributed by atoms with E-state index in [0.717, 1.165) is 11.0 Å². The van der Waals surface area contributed by atoms with E-state index in [4.69, 9.17) is 0 Å². The molecular weight excluding hydrogens is 220 g/mol. The molecule has 0 aromatic heterocycles. The second kappa shape index (κ2) is 6.50. The predicted molar refractivity (Wildman–Crippen MR) is 70.8 cm³/mol. The summed E-state index contributed by atoms with van der Waals surface area (Å²) < 4.78 is 0. The van der Waals surface area contributed by atoms with Crippen molar-refractivity contribution < 1.29 is 4.79 Å². The van der Waals surface area contributed by atoms with Crippen LogP contribution in [0.15, 0.2) is 0 Å². The molecule has 0 unspecified atom stereocenters. The largest absolute Gasteiger partial charge is 0.349 e. The molecule has 0 radical (unpaired) electrons. The summed E-state index contributed by atoms with van der Waals surface area (Å²) in [5.41, 5.74) is 0. The molecule has 0 N–H and O–H groups in total. The number of rotatable bonds is 4. The van der Waals surface area contributed by atoms with Crippen molar-refractivity contribution in [1.29, 1.82) is 0 Å². The van der Waals surface area contributed by atoms with Crippen molar-refractivity contribution in [3.8, 4) is 0 Å². The number of nitrogens with zero attached hydrogens (tertiary/aromatic N) is 2. The lowest BCUT2D eigenvalue weighted by Gasteiger charge is -2.29. The highest BCUT2D eigenvalue weighted by molar-refractivity contribution is 7.99. The van der Waals surface area contributed by atoms with Crippen LogP contribution < -0.4 is 0 Å². The van der Waals surface area contributed by atoms with Crippen molar-refractivity contribution in [1.82, 2.24) is 9.80 Å². The lowest BCUT2D eigenvalue weighted by atomic mass is 10.1. The van der Waals surface area contributed by atoms with E-state index in [9.17, 15) is 4.79 Å². The van der Waals surface area contributed by atoms with E-state index in [2.05, 4.69) is 11.9 Å². The molecule has 0 bridgehead atoms. The van der Waals surface area contributed by atoms with E-state index in [1.165, 1.54) is 25.9 Å². The second-order valence-corrected chi connectivity index (χ2v) is 6.30. The minimum Gasteiger partial charge on any atom is -0.349 e. The van der Waals surface area contributed by atoms with Crippen LogP contribution in [0.5, 0.6) is 0 Å². The maximum absolute atomic E-state index is 11.7. The number of piperidine rings is 1. The minimum atomic E-state index is 0.152. The third-order valence-corrected chi connectivity index (χ3v) is 4.75. The molecule has 1 aliphatic rings. The van der Waals surface area contributed by atoms with Crippen molar-refractivity contribution in [2.75, 3.05) is 40.0 Å². The third-order valence-electron chi connectivity index (χ3n) is 3.11. The standard InChI is InChI=1S/C12H24N2OS/c1-10(12(15)13(2)3)9-16-11-5-7-14(4)8-6-11/h10-11H,5-9H2,1-4H3/t10-/m1/s1. The first-order chi connectivity index (χ1) is 7.50. The van der Waals surface area contributed by atoms with Crippen molar-refractivity contribution in [3.63, 3.8) is 0 Å². The number of hydrogen-bond acceptors (Lipinski definition) is 3. The first-order valence-electron chi connectivity index (χ1n) is 6.02. The molecule has 1 rings (SSSR count). The van der Waals surface area contributed by atoms with E-state index >= 15 is 0 Å². The highest BCUT2D eigenvalue weighted by Gasteiger charge is 2.20. The summed E-state index contributed by atoms with van der Waals surface area (Å²) >= 11 is 1.98. The Morgan fingerprint density at radius 3 is 2.50 bits per heavy atom. The van der Waals surface area contributed by atoms with Crippen molar-refractivity contribution >= 4 is 17.7 Å². The summed E-state index contributed by atoms with van der Waals surface area (Å²) in [4.78, 5) is 15.7. The molecule has 1 fully saturated rings. The Bertz CT molecular complexity index is 225. The molecule has 0 saturated carbocycles. The van der Waals surface area contributed by atoms with Gasteiger partial charge in [0.25, 0.3) is 0 Å². The maximum Gasteiger partial charge on any atom is 0.225 e. The summed E-state index contributed by atoms with van der Waals surface area (Å²) in [6.07, 6.45) is 2.54. The van der Waals surface area contributed by atoms with Crippen molar-refractivity contribution in [2.24, 2.45) is 5.92 Å². The quantitative estimate of drug-likeness (QED) is 0.749. The maximum atomic E-state index is 11.7. The summed E-state index contributed by atoms with van der Waals surface area (Å²) in [5, 5.41) is 0.758. The van der Waals surface area contributed by atoms with Gasteiger partial charge in [0.1, 0.15) is 0 Å². The number of hydrogen-bond donors (Lipinski definition) is 0. The van der Waals surface area contributed by atoms with Gasteiger partial charge in [0.05, 0.1) is 0 Å². The fourth-order valence-corrected chi connectivity index (χ4v) is 3.19. The molecular formula is C12H24N2OS. The molecule has 1 atom stereocenters. The number of carbonyl (C=O) groups is 1. The molecule has 0 spiro atoms. The van der Waals surface area contributed by atoms with Gasteiger partial charge in [0.15, 0.2) is 0 Å². The monoisotopic (exact) mass is 244 g/mol. The van der Waals surface area contributed by atoms with Crippen LogP contribution in [0.3, 0.4) is 0 Å². The zero-order valence-electron chi connectivity index (χ0n) is 10.9. The number of thioether (sulfide) groups is 1. The number of carbonyl (C=O) groups excluding carboxylic acids is 1. The SMILES string of the molecule is C[C@H](CSC1CCN(C)CC1)C(=O)N(C)C. The summed E-state index contributed by atoms with van der Waals surface area (Å²) in [7, 11) is 5.84. The van der Waals surface area contributed by atoms with Gasteiger partial charge in [-0.25, -0.2) is 0 Å². The van der Waals surface area contributed by atoms with Gasteiger partial charge in [0, 0.05) is 31.0 Å². The Balaban J connectivity index is 2.21. The molecule has 94 valence electrons. The minimum absolute atomic E-state index is 0.152. The molecule has 0 aliphatic carbocycles. The van der Waals surface area contributed by atoms with E-state index in [0.29, 0.717) is 0 Å². The fourth-order valence-electron chi connectivity index (χ4n) is 1.94. The Morgan fingerprint density at radius 2 is 2.00 bits per heavy atom. The lowest BCUT2D eigenvalue weighted by Crippen LogP contribution is -2.33. The first-order valence-corrected chi connectivity index (χ1v) is 7.07. The Labute approximate surface area is 104 Å². The van der Waals surface area contributed by atoms with Crippen LogP contribution in [-0.2, 0) is 4.79 Å². The molecule has 16 heavy (non-hydrogen) atoms. The van der Waals surface area contributed by atoms with Gasteiger partial charge in [-0.05, 0) is 33.0 Å². The second-order valence-electron chi connectivity index (χ2n) is 4.97. The van der Waals surface area contributed by atoms with Crippen LogP contribution in [0.4, 0.5) is 0 Å². The molecule has 0 aromatic rings. The predicted octanol–water partition coefficient (Wildman–Crippen LogP) is 1.54. The molecule has 4 heteroatoms. The van der Waals surface area contributed by atoms with E-state index in [1.807, 2.05) is 32.8 Å². The highest BCUT2D eigenvalue weighted by Crippen LogP contribution is 2.24. The normalized spacial score (nSPS) is 20.8. The van der Waals surface area contributed by atoms with Gasteiger partial charge in [-0.15, -0.1) is 0 Å². The third kappa shape index (κ3) is 4.34. The zero-order valence-corrected chi connectivity index (χ0v) is 11.7. The Morgan fingerprint density at radius 1 is 1.44 bits per heavy atom. The fraction of sp³-hybridized carbons (Fsp3) is 0.917. The van der Waals surface area contributed by atoms with Crippen LogP contribution in [0.25, 0.3) is 0 Å². The van der Waals surface area contributed by atoms with Crippen LogP contribution in [-0.4, -0.2) is 60.9 Å². The zero-order chi connectivity index (χ0) is 12.1. The molecule has 1 amide bonds. The molecule has 1 heterocycles. The van der Waals surface area contributed by atoms with Gasteiger partial charge < -0.3 is 9.80 Å². The molecule has 1 aliphatic heterocycles. The van der Waals surface area contributed by atoms with E-state index < -0.39 is 0 Å². The van der Waals surface area contributed by atoms with Crippen LogP contribution in [0.1, 0.15) is 19.8 Å². The average molecular weight is 244 g/mol. The van der Waals surface area contributed by atoms with Crippen LogP contribution in [0.2, 0.25) is 0 Å². The smallest absolute Gasteiger partial charge is 0.225 e. The molecule has 1 saturated heterocycles. The van der Waals surface area contributed by atoms with Crippen LogP contribution >= 0.6 is 11.8 Å². The van der Waals surface area contributed by atoms with Gasteiger partial charge in [-0.1, -0.05) is 6.92 Å². The van der Waals surface area contributed by atoms with Gasteiger partial charge in [0.2, 0.25) is 5.91 Å². The topological polar surface area (TPSA) is 23.6 Å². The Hall–Kier alpha value is -0.220. The first kappa shape index (κ1) is 13.8. The van der Waals surface area contributed by atoms with Crippen LogP contribution in [0, 0.1) is 5.92 Å². The lowest BCUT2D eigenvalue weighted by molar-refractivity contribution is -0.131. The van der Waals surface area contributed by atoms with Gasteiger partial charge >= 0.3 is 0 Å². The average Bonchev–Trinajstić information content (AvgIpc) is 2.26. The molecule has 0 aromatic carbocycles. The summed E-state index contributed by atoms with van der Waals surface area (Å²) in [5.74, 6) is 1.37. The highest BCUT2D eigenvalue weighted by atomic mass is 32.2. The summed E-state index contributed by atoms with van der Waals surface area (Å²) in [6, 6.07) is 0. The molecule has 3 nitrogen and oxygen atoms in total. The Kier molecular flexibility index (Phi) is 5.62. The van der Waals surface area contributed by atoms with Crippen molar-refractivity contribution in [3.05, 3.63) is 0 Å². The van der Waals surface area contributed by atoms with E-state index in [1.54, 1.807) is 4.90 Å². The summed E-state index contributed by atoms with van der Waals surface area (Å²) in [6.45, 7) is 4.44.